The van der Waals surface area contributed by atoms with Crippen LogP contribution >= 0.6 is 0 Å². The molecule has 0 saturated carbocycles. The van der Waals surface area contributed by atoms with Crippen LogP contribution in [0.5, 0.6) is 0 Å². The number of aliphatic hydroxyl groups excluding tert-OH is 1. The third-order valence-electron chi connectivity index (χ3n) is 6.89. The molecule has 0 rings (SSSR count). The molecule has 4 heteroatoms. The molecule has 0 aliphatic rings. The zero-order chi connectivity index (χ0) is 29.2. The smallest absolute Gasteiger partial charge is 0.306 e. The van der Waals surface area contributed by atoms with Crippen LogP contribution in [0.3, 0.4) is 0 Å². The van der Waals surface area contributed by atoms with Crippen LogP contribution in [-0.2, 0) is 14.3 Å². The molecular weight excluding hydrogens is 496 g/mol. The predicted octanol–water partition coefficient (Wildman–Crippen LogP) is 10.4. The fourth-order valence-corrected chi connectivity index (χ4v) is 4.39. The lowest BCUT2D eigenvalue weighted by molar-refractivity contribution is -0.154. The molecule has 40 heavy (non-hydrogen) atoms. The Labute approximate surface area is 248 Å². The van der Waals surface area contributed by atoms with E-state index < -0.39 is 6.10 Å². The van der Waals surface area contributed by atoms with Crippen molar-refractivity contribution in [2.75, 3.05) is 19.8 Å². The number of hydrogen-bond donors (Lipinski definition) is 1. The van der Waals surface area contributed by atoms with Gasteiger partial charge in [-0.15, -0.1) is 0 Å². The van der Waals surface area contributed by atoms with Crippen LogP contribution in [0.4, 0.5) is 0 Å². The van der Waals surface area contributed by atoms with E-state index >= 15 is 0 Å². The van der Waals surface area contributed by atoms with Crippen molar-refractivity contribution in [3.63, 3.8) is 0 Å². The maximum atomic E-state index is 12.1. The maximum Gasteiger partial charge on any atom is 0.306 e. The highest BCUT2D eigenvalue weighted by atomic mass is 16.6. The molecule has 0 fully saturated rings. The second-order valence-corrected chi connectivity index (χ2v) is 10.8. The minimum Gasteiger partial charge on any atom is -0.457 e. The monoisotopic (exact) mass is 560 g/mol. The molecule has 0 aliphatic heterocycles. The fraction of sp³-hybridized carbons (Fsp3) is 0.750. The van der Waals surface area contributed by atoms with Crippen LogP contribution in [0.2, 0.25) is 0 Å². The topological polar surface area (TPSA) is 55.8 Å². The van der Waals surface area contributed by atoms with Crippen molar-refractivity contribution in [3.05, 3.63) is 48.6 Å². The van der Waals surface area contributed by atoms with Crippen molar-refractivity contribution in [1.29, 1.82) is 0 Å². The van der Waals surface area contributed by atoms with E-state index in [4.69, 9.17) is 9.47 Å². The average molecular weight is 561 g/mol. The van der Waals surface area contributed by atoms with E-state index in [9.17, 15) is 9.90 Å². The number of allylic oxidation sites excluding steroid dienone is 8. The van der Waals surface area contributed by atoms with E-state index in [-0.39, 0.29) is 19.2 Å². The molecule has 1 atom stereocenters. The SMILES string of the molecule is CC/C=C\C/C=C\C/C=C\CCCCCCCCOCC(CO)OC(=O)CCCCCCC/C=C\CCCCC. The molecule has 0 aromatic carbocycles. The van der Waals surface area contributed by atoms with E-state index in [1.807, 2.05) is 0 Å². The van der Waals surface area contributed by atoms with Crippen molar-refractivity contribution >= 4 is 5.97 Å². The fourth-order valence-electron chi connectivity index (χ4n) is 4.39. The van der Waals surface area contributed by atoms with Crippen LogP contribution in [0.15, 0.2) is 48.6 Å². The van der Waals surface area contributed by atoms with Gasteiger partial charge in [0.05, 0.1) is 13.2 Å². The first-order valence-corrected chi connectivity index (χ1v) is 16.7. The molecule has 0 radical (unpaired) electrons. The van der Waals surface area contributed by atoms with Crippen molar-refractivity contribution in [3.8, 4) is 0 Å². The average Bonchev–Trinajstić information content (AvgIpc) is 2.96. The van der Waals surface area contributed by atoms with E-state index in [0.29, 0.717) is 13.0 Å². The summed E-state index contributed by atoms with van der Waals surface area (Å²) in [5.41, 5.74) is 0. The molecule has 0 aliphatic carbocycles. The highest BCUT2D eigenvalue weighted by Gasteiger charge is 2.13. The Hall–Kier alpha value is -1.65. The second kappa shape index (κ2) is 33.6. The molecule has 1 N–H and O–H groups in total. The Morgan fingerprint density at radius 1 is 0.625 bits per heavy atom. The van der Waals surface area contributed by atoms with Gasteiger partial charge in [-0.3, -0.25) is 4.79 Å². The minimum atomic E-state index is -0.543. The first-order valence-electron chi connectivity index (χ1n) is 16.7. The molecule has 0 aromatic rings. The van der Waals surface area contributed by atoms with Gasteiger partial charge in [-0.25, -0.2) is 0 Å². The standard InChI is InChI=1S/C36H64O4/c1-3-5-7-9-11-13-15-17-18-19-20-22-24-26-28-30-32-39-34-35(33-37)40-36(38)31-29-27-25-23-21-16-14-12-10-8-6-4-2/h5,7,11-14,17-18,35,37H,3-4,6,8-10,15-16,19-34H2,1-2H3/b7-5-,13-11-,14-12-,18-17-. The van der Waals surface area contributed by atoms with Gasteiger partial charge in [-0.1, -0.05) is 120 Å². The van der Waals surface area contributed by atoms with Crippen LogP contribution in [-0.4, -0.2) is 37.0 Å². The van der Waals surface area contributed by atoms with Gasteiger partial charge in [0.15, 0.2) is 0 Å². The highest BCUT2D eigenvalue weighted by molar-refractivity contribution is 5.69. The van der Waals surface area contributed by atoms with Crippen LogP contribution in [0.25, 0.3) is 0 Å². The first-order chi connectivity index (χ1) is 19.7. The summed E-state index contributed by atoms with van der Waals surface area (Å²) in [7, 11) is 0. The highest BCUT2D eigenvalue weighted by Crippen LogP contribution is 2.11. The summed E-state index contributed by atoms with van der Waals surface area (Å²) in [6.07, 6.45) is 41.4. The zero-order valence-corrected chi connectivity index (χ0v) is 26.3. The number of hydrogen-bond acceptors (Lipinski definition) is 4. The van der Waals surface area contributed by atoms with Crippen molar-refractivity contribution in [2.45, 2.75) is 155 Å². The van der Waals surface area contributed by atoms with Gasteiger partial charge in [0.1, 0.15) is 6.10 Å². The number of unbranched alkanes of at least 4 members (excludes halogenated alkanes) is 14. The van der Waals surface area contributed by atoms with Gasteiger partial charge >= 0.3 is 5.97 Å². The lowest BCUT2D eigenvalue weighted by atomic mass is 10.1. The first kappa shape index (κ1) is 38.4. The van der Waals surface area contributed by atoms with Gasteiger partial charge in [0.25, 0.3) is 0 Å². The molecule has 232 valence electrons. The van der Waals surface area contributed by atoms with Gasteiger partial charge < -0.3 is 14.6 Å². The summed E-state index contributed by atoms with van der Waals surface area (Å²) in [5, 5.41) is 9.52. The van der Waals surface area contributed by atoms with Crippen molar-refractivity contribution in [2.24, 2.45) is 0 Å². The molecule has 0 saturated heterocycles. The Morgan fingerprint density at radius 3 is 1.73 bits per heavy atom. The van der Waals surface area contributed by atoms with Crippen molar-refractivity contribution in [1.82, 2.24) is 0 Å². The Morgan fingerprint density at radius 2 is 1.12 bits per heavy atom. The number of rotatable bonds is 30. The number of carbonyl (C=O) groups is 1. The zero-order valence-electron chi connectivity index (χ0n) is 26.3. The lowest BCUT2D eigenvalue weighted by Crippen LogP contribution is -2.27. The van der Waals surface area contributed by atoms with Gasteiger partial charge in [0.2, 0.25) is 0 Å². The summed E-state index contributed by atoms with van der Waals surface area (Å²) >= 11 is 0. The largest absolute Gasteiger partial charge is 0.457 e. The minimum absolute atomic E-state index is 0.182. The molecule has 1 unspecified atom stereocenters. The van der Waals surface area contributed by atoms with Crippen LogP contribution < -0.4 is 0 Å². The summed E-state index contributed by atoms with van der Waals surface area (Å²) < 4.78 is 11.1. The van der Waals surface area contributed by atoms with E-state index in [1.54, 1.807) is 0 Å². The molecule has 0 spiro atoms. The van der Waals surface area contributed by atoms with Crippen molar-refractivity contribution < 1.29 is 19.4 Å². The van der Waals surface area contributed by atoms with E-state index in [2.05, 4.69) is 62.5 Å². The van der Waals surface area contributed by atoms with Gasteiger partial charge in [0, 0.05) is 13.0 Å². The normalized spacial score (nSPS) is 13.0. The molecular formula is C36H64O4. The number of carbonyl (C=O) groups excluding carboxylic acids is 1. The molecule has 0 aromatic heterocycles. The van der Waals surface area contributed by atoms with Gasteiger partial charge in [-0.05, 0) is 70.6 Å². The summed E-state index contributed by atoms with van der Waals surface area (Å²) in [4.78, 5) is 12.1. The third kappa shape index (κ3) is 30.9. The molecule has 4 nitrogen and oxygen atoms in total. The van der Waals surface area contributed by atoms with E-state index in [0.717, 1.165) is 51.4 Å². The molecule has 0 heterocycles. The Bertz CT molecular complexity index is 635. The molecule has 0 amide bonds. The molecule has 0 bridgehead atoms. The quantitative estimate of drug-likeness (QED) is 0.0539. The Balaban J connectivity index is 3.50. The van der Waals surface area contributed by atoms with E-state index in [1.165, 1.54) is 77.0 Å². The lowest BCUT2D eigenvalue weighted by Gasteiger charge is -2.15. The Kier molecular flexibility index (Phi) is 32.2. The second-order valence-electron chi connectivity index (χ2n) is 10.8. The maximum absolute atomic E-state index is 12.1. The van der Waals surface area contributed by atoms with Crippen LogP contribution in [0.1, 0.15) is 149 Å². The number of esters is 1. The predicted molar refractivity (Wildman–Crippen MR) is 173 cm³/mol. The summed E-state index contributed by atoms with van der Waals surface area (Å²) in [5.74, 6) is -0.219. The summed E-state index contributed by atoms with van der Waals surface area (Å²) in [6.45, 7) is 5.16. The van der Waals surface area contributed by atoms with Crippen LogP contribution in [0, 0.1) is 0 Å². The summed E-state index contributed by atoms with van der Waals surface area (Å²) in [6, 6.07) is 0. The third-order valence-corrected chi connectivity index (χ3v) is 6.89. The number of aliphatic hydroxyl groups is 1. The van der Waals surface area contributed by atoms with Gasteiger partial charge in [-0.2, -0.15) is 0 Å². The number of ether oxygens (including phenoxy) is 2.